The molecule has 2 aromatic rings. The molecule has 7 nitrogen and oxygen atoms in total. The average Bonchev–Trinajstić information content (AvgIpc) is 3.13. The van der Waals surface area contributed by atoms with Crippen molar-refractivity contribution in [3.8, 4) is 11.5 Å². The van der Waals surface area contributed by atoms with Gasteiger partial charge in [0.1, 0.15) is 0 Å². The van der Waals surface area contributed by atoms with Crippen molar-refractivity contribution in [2.45, 2.75) is 0 Å². The largest absolute Gasteiger partial charge is 0.454 e. The zero-order chi connectivity index (χ0) is 15.5. The van der Waals surface area contributed by atoms with E-state index in [1.807, 2.05) is 0 Å². The van der Waals surface area contributed by atoms with Crippen LogP contribution in [0.5, 0.6) is 11.5 Å². The Morgan fingerprint density at radius 3 is 2.86 bits per heavy atom. The second-order valence-corrected chi connectivity index (χ2v) is 5.42. The smallest absolute Gasteiger partial charge is 0.324 e. The summed E-state index contributed by atoms with van der Waals surface area (Å²) in [5, 5.41) is 13.3. The zero-order valence-corrected chi connectivity index (χ0v) is 12.0. The van der Waals surface area contributed by atoms with Crippen molar-refractivity contribution in [2.24, 2.45) is 0 Å². The minimum atomic E-state index is -0.464. The Hall–Kier alpha value is -2.87. The van der Waals surface area contributed by atoms with Gasteiger partial charge in [-0.15, -0.1) is 0 Å². The van der Waals surface area contributed by atoms with E-state index < -0.39 is 4.92 Å². The fraction of sp³-hybridized carbons (Fsp3) is 0.0714. The molecule has 1 aliphatic heterocycles. The predicted octanol–water partition coefficient (Wildman–Crippen LogP) is 3.04. The van der Waals surface area contributed by atoms with E-state index in [1.165, 1.54) is 18.2 Å². The number of carbonyl (C=O) groups is 1. The average molecular weight is 318 g/mol. The van der Waals surface area contributed by atoms with E-state index >= 15 is 0 Å². The highest BCUT2D eigenvalue weighted by Crippen LogP contribution is 2.34. The molecule has 3 rings (SSSR count). The van der Waals surface area contributed by atoms with Gasteiger partial charge in [0.2, 0.25) is 12.7 Å². The van der Waals surface area contributed by atoms with Crippen molar-refractivity contribution in [3.05, 3.63) is 51.4 Å². The number of nitrogens with one attached hydrogen (secondary N) is 1. The van der Waals surface area contributed by atoms with Crippen LogP contribution in [-0.4, -0.2) is 17.6 Å². The molecule has 1 aromatic carbocycles. The number of hydrogen-bond acceptors (Lipinski definition) is 6. The summed E-state index contributed by atoms with van der Waals surface area (Å²) < 4.78 is 10.4. The summed E-state index contributed by atoms with van der Waals surface area (Å²) in [5.74, 6) is 0.880. The quantitative estimate of drug-likeness (QED) is 0.531. The van der Waals surface area contributed by atoms with E-state index in [4.69, 9.17) is 9.47 Å². The first-order valence-electron chi connectivity index (χ1n) is 6.25. The van der Waals surface area contributed by atoms with Crippen LogP contribution in [-0.2, 0) is 4.79 Å². The summed E-state index contributed by atoms with van der Waals surface area (Å²) in [6, 6.07) is 8.08. The van der Waals surface area contributed by atoms with Crippen LogP contribution in [0.25, 0.3) is 6.08 Å². The van der Waals surface area contributed by atoms with Gasteiger partial charge in [-0.3, -0.25) is 14.9 Å². The number of rotatable bonds is 4. The molecule has 1 amide bonds. The molecule has 0 radical (unpaired) electrons. The van der Waals surface area contributed by atoms with Crippen LogP contribution in [0.2, 0.25) is 0 Å². The van der Waals surface area contributed by atoms with Crippen LogP contribution in [0.3, 0.4) is 0 Å². The van der Waals surface area contributed by atoms with E-state index in [9.17, 15) is 14.9 Å². The van der Waals surface area contributed by atoms with Gasteiger partial charge in [0.05, 0.1) is 4.92 Å². The van der Waals surface area contributed by atoms with Crippen molar-refractivity contribution in [2.75, 3.05) is 12.1 Å². The number of nitrogens with zero attached hydrogens (tertiary/aromatic N) is 1. The fourth-order valence-electron chi connectivity index (χ4n) is 1.85. The molecule has 1 aromatic heterocycles. The summed E-state index contributed by atoms with van der Waals surface area (Å²) in [5.41, 5.74) is 0.580. The molecule has 0 spiro atoms. The topological polar surface area (TPSA) is 90.7 Å². The minimum Gasteiger partial charge on any atom is -0.454 e. The Kier molecular flexibility index (Phi) is 3.75. The lowest BCUT2D eigenvalue weighted by atomic mass is 10.2. The summed E-state index contributed by atoms with van der Waals surface area (Å²) in [4.78, 5) is 22.6. The number of amides is 1. The maximum atomic E-state index is 11.8. The molecule has 22 heavy (non-hydrogen) atoms. The lowest BCUT2D eigenvalue weighted by Crippen LogP contribution is -2.07. The summed E-state index contributed by atoms with van der Waals surface area (Å²) in [6.07, 6.45) is 2.85. The van der Waals surface area contributed by atoms with Gasteiger partial charge in [0.15, 0.2) is 11.5 Å². The first-order valence-corrected chi connectivity index (χ1v) is 7.06. The number of nitro groups is 1. The van der Waals surface area contributed by atoms with Gasteiger partial charge in [-0.2, -0.15) is 0 Å². The molecule has 1 N–H and O–H groups in total. The maximum Gasteiger partial charge on any atom is 0.324 e. The summed E-state index contributed by atoms with van der Waals surface area (Å²) in [7, 11) is 0. The van der Waals surface area contributed by atoms with Crippen LogP contribution in [0.4, 0.5) is 10.7 Å². The van der Waals surface area contributed by atoms with Gasteiger partial charge in [-0.1, -0.05) is 11.3 Å². The first-order chi connectivity index (χ1) is 10.6. The third-order valence-electron chi connectivity index (χ3n) is 2.83. The first kappa shape index (κ1) is 14.1. The molecular weight excluding hydrogens is 308 g/mol. The Labute approximate surface area is 128 Å². The van der Waals surface area contributed by atoms with Crippen LogP contribution >= 0.6 is 11.3 Å². The van der Waals surface area contributed by atoms with Gasteiger partial charge in [-0.05, 0) is 24.3 Å². The Balaban J connectivity index is 1.64. The van der Waals surface area contributed by atoms with Crippen LogP contribution < -0.4 is 14.8 Å². The van der Waals surface area contributed by atoms with Crippen molar-refractivity contribution in [1.82, 2.24) is 0 Å². The van der Waals surface area contributed by atoms with E-state index in [1.54, 1.807) is 24.3 Å². The lowest BCUT2D eigenvalue weighted by Gasteiger charge is -2.03. The number of ether oxygens (including phenoxy) is 2. The molecule has 0 saturated heterocycles. The van der Waals surface area contributed by atoms with Crippen molar-refractivity contribution in [1.29, 1.82) is 0 Å². The molecule has 0 fully saturated rings. The van der Waals surface area contributed by atoms with Gasteiger partial charge in [-0.25, -0.2) is 0 Å². The fourth-order valence-corrected chi connectivity index (χ4v) is 2.57. The normalized spacial score (nSPS) is 12.5. The number of anilines is 1. The van der Waals surface area contributed by atoms with E-state index in [0.29, 0.717) is 22.1 Å². The molecule has 8 heteroatoms. The highest BCUT2D eigenvalue weighted by Gasteiger charge is 2.13. The molecule has 0 saturated carbocycles. The Bertz CT molecular complexity index is 768. The lowest BCUT2D eigenvalue weighted by molar-refractivity contribution is -0.380. The Morgan fingerprint density at radius 2 is 2.09 bits per heavy atom. The van der Waals surface area contributed by atoms with Crippen LogP contribution in [0.15, 0.2) is 36.4 Å². The third kappa shape index (κ3) is 3.07. The molecule has 2 heterocycles. The number of hydrogen-bond donors (Lipinski definition) is 1. The van der Waals surface area contributed by atoms with E-state index in [2.05, 4.69) is 5.32 Å². The van der Waals surface area contributed by atoms with Crippen LogP contribution in [0, 0.1) is 10.1 Å². The summed E-state index contributed by atoms with van der Waals surface area (Å²) >= 11 is 1.00. The van der Waals surface area contributed by atoms with Gasteiger partial charge < -0.3 is 14.8 Å². The summed E-state index contributed by atoms with van der Waals surface area (Å²) in [6.45, 7) is 0.170. The van der Waals surface area contributed by atoms with Crippen molar-refractivity contribution in [3.63, 3.8) is 0 Å². The second-order valence-electron chi connectivity index (χ2n) is 4.32. The minimum absolute atomic E-state index is 0.0378. The van der Waals surface area contributed by atoms with Gasteiger partial charge >= 0.3 is 5.00 Å². The second kappa shape index (κ2) is 5.86. The van der Waals surface area contributed by atoms with E-state index in [-0.39, 0.29) is 17.7 Å². The molecule has 112 valence electrons. The SMILES string of the molecule is O=C(/C=C/c1ccc([N+](=O)[O-])s1)Nc1ccc2c(c1)OCO2. The molecular formula is C14H10N2O5S. The standard InChI is InChI=1S/C14H10N2O5S/c17-13(5-2-10-3-6-14(22-10)16(18)19)15-9-1-4-11-12(7-9)21-8-20-11/h1-7H,8H2,(H,15,17)/b5-2+. The van der Waals surface area contributed by atoms with Crippen molar-refractivity contribution < 1.29 is 19.2 Å². The molecule has 0 atom stereocenters. The highest BCUT2D eigenvalue weighted by atomic mass is 32.1. The Morgan fingerprint density at radius 1 is 1.27 bits per heavy atom. The molecule has 0 aliphatic carbocycles. The highest BCUT2D eigenvalue weighted by molar-refractivity contribution is 7.16. The van der Waals surface area contributed by atoms with Gasteiger partial charge in [0.25, 0.3) is 0 Å². The number of carbonyl (C=O) groups excluding carboxylic acids is 1. The predicted molar refractivity (Wildman–Crippen MR) is 81.2 cm³/mol. The van der Waals surface area contributed by atoms with Crippen LogP contribution in [0.1, 0.15) is 4.88 Å². The molecule has 1 aliphatic rings. The number of benzene rings is 1. The third-order valence-corrected chi connectivity index (χ3v) is 3.83. The number of fused-ring (bicyclic) bond motifs is 1. The monoisotopic (exact) mass is 318 g/mol. The van der Waals surface area contributed by atoms with E-state index in [0.717, 1.165) is 11.3 Å². The zero-order valence-electron chi connectivity index (χ0n) is 11.1. The van der Waals surface area contributed by atoms with Gasteiger partial charge in [0, 0.05) is 28.8 Å². The molecule has 0 unspecified atom stereocenters. The van der Waals surface area contributed by atoms with Crippen molar-refractivity contribution >= 4 is 34.0 Å². The number of thiophene rings is 1. The maximum absolute atomic E-state index is 11.8. The molecule has 0 bridgehead atoms.